The van der Waals surface area contributed by atoms with Crippen LogP contribution in [-0.4, -0.2) is 18.1 Å². The Kier molecular flexibility index (Phi) is 5.57. The second kappa shape index (κ2) is 7.63. The second-order valence-corrected chi connectivity index (χ2v) is 4.85. The normalized spacial score (nSPS) is 11.0. The van der Waals surface area contributed by atoms with Crippen molar-refractivity contribution in [1.82, 2.24) is 0 Å². The van der Waals surface area contributed by atoms with Crippen LogP contribution in [0.1, 0.15) is 11.1 Å². The Bertz CT molecular complexity index is 694. The van der Waals surface area contributed by atoms with E-state index in [1.54, 1.807) is 24.3 Å². The fourth-order valence-electron chi connectivity index (χ4n) is 1.87. The Hall–Kier alpha value is -2.83. The third-order valence-corrected chi connectivity index (χ3v) is 2.96. The highest BCUT2D eigenvalue weighted by atomic mass is 19.4. The van der Waals surface area contributed by atoms with E-state index in [-0.39, 0.29) is 13.0 Å². The number of hydrogen-bond acceptors (Lipinski definition) is 4. The maximum Gasteiger partial charge on any atom is 0.573 e. The molecule has 4 nitrogen and oxygen atoms in total. The molecule has 126 valence electrons. The van der Waals surface area contributed by atoms with Gasteiger partial charge in [0.2, 0.25) is 5.78 Å². The molecule has 0 saturated heterocycles. The molecular formula is C17H13F3O4. The van der Waals surface area contributed by atoms with E-state index in [9.17, 15) is 22.8 Å². The molecule has 0 aliphatic carbocycles. The van der Waals surface area contributed by atoms with Crippen LogP contribution in [0, 0.1) is 0 Å². The third-order valence-electron chi connectivity index (χ3n) is 2.96. The molecule has 2 rings (SSSR count). The Morgan fingerprint density at radius 3 is 2.08 bits per heavy atom. The van der Waals surface area contributed by atoms with E-state index >= 15 is 0 Å². The number of alkyl halides is 3. The zero-order chi connectivity index (χ0) is 17.6. The van der Waals surface area contributed by atoms with Crippen molar-refractivity contribution in [3.63, 3.8) is 0 Å². The maximum absolute atomic E-state index is 12.0. The lowest BCUT2D eigenvalue weighted by Gasteiger charge is -2.09. The maximum atomic E-state index is 12.0. The molecule has 0 aliphatic rings. The predicted molar refractivity (Wildman–Crippen MR) is 78.1 cm³/mol. The summed E-state index contributed by atoms with van der Waals surface area (Å²) in [6, 6.07) is 13.6. The van der Waals surface area contributed by atoms with Gasteiger partial charge in [-0.05, 0) is 23.3 Å². The number of rotatable bonds is 6. The molecule has 0 aliphatic heterocycles. The monoisotopic (exact) mass is 338 g/mol. The van der Waals surface area contributed by atoms with Gasteiger partial charge in [0, 0.05) is 6.42 Å². The van der Waals surface area contributed by atoms with E-state index in [0.717, 1.165) is 17.7 Å². The van der Waals surface area contributed by atoms with Gasteiger partial charge in [-0.25, -0.2) is 4.79 Å². The highest BCUT2D eigenvalue weighted by Crippen LogP contribution is 2.22. The number of carbonyl (C=O) groups is 2. The number of halogens is 3. The minimum absolute atomic E-state index is 0.0240. The van der Waals surface area contributed by atoms with Gasteiger partial charge in [0.1, 0.15) is 12.4 Å². The fraction of sp³-hybridized carbons (Fsp3) is 0.176. The minimum Gasteiger partial charge on any atom is -0.455 e. The molecule has 0 amide bonds. The highest BCUT2D eigenvalue weighted by molar-refractivity contribution is 6.34. The van der Waals surface area contributed by atoms with Crippen LogP contribution in [0.25, 0.3) is 0 Å². The van der Waals surface area contributed by atoms with Gasteiger partial charge in [-0.1, -0.05) is 42.5 Å². The SMILES string of the molecule is O=C(Cc1ccc(OC(F)(F)F)cc1)C(=O)OCc1ccccc1. The van der Waals surface area contributed by atoms with E-state index in [0.29, 0.717) is 5.56 Å². The highest BCUT2D eigenvalue weighted by Gasteiger charge is 2.31. The van der Waals surface area contributed by atoms with Crippen molar-refractivity contribution in [1.29, 1.82) is 0 Å². The van der Waals surface area contributed by atoms with Crippen molar-refractivity contribution in [3.8, 4) is 5.75 Å². The van der Waals surface area contributed by atoms with E-state index in [2.05, 4.69) is 4.74 Å². The van der Waals surface area contributed by atoms with Crippen LogP contribution in [0.5, 0.6) is 5.75 Å². The van der Waals surface area contributed by atoms with Crippen molar-refractivity contribution in [2.24, 2.45) is 0 Å². The van der Waals surface area contributed by atoms with Gasteiger partial charge in [-0.2, -0.15) is 0 Å². The summed E-state index contributed by atoms with van der Waals surface area (Å²) in [5.74, 6) is -2.17. The quantitative estimate of drug-likeness (QED) is 0.598. The lowest BCUT2D eigenvalue weighted by molar-refractivity contribution is -0.274. The Labute approximate surface area is 135 Å². The number of benzene rings is 2. The number of carbonyl (C=O) groups excluding carboxylic acids is 2. The van der Waals surface area contributed by atoms with Gasteiger partial charge in [0.15, 0.2) is 0 Å². The number of ether oxygens (including phenoxy) is 2. The van der Waals surface area contributed by atoms with Crippen LogP contribution < -0.4 is 4.74 Å². The van der Waals surface area contributed by atoms with Crippen molar-refractivity contribution in [2.75, 3.05) is 0 Å². The topological polar surface area (TPSA) is 52.6 Å². The zero-order valence-corrected chi connectivity index (χ0v) is 12.4. The largest absolute Gasteiger partial charge is 0.573 e. The van der Waals surface area contributed by atoms with Crippen molar-refractivity contribution < 1.29 is 32.2 Å². The van der Waals surface area contributed by atoms with Crippen LogP contribution in [0.3, 0.4) is 0 Å². The van der Waals surface area contributed by atoms with Crippen molar-refractivity contribution in [3.05, 3.63) is 65.7 Å². The Balaban J connectivity index is 1.86. The Morgan fingerprint density at radius 1 is 0.875 bits per heavy atom. The average Bonchev–Trinajstić information content (AvgIpc) is 2.54. The summed E-state index contributed by atoms with van der Waals surface area (Å²) < 4.78 is 44.7. The summed E-state index contributed by atoms with van der Waals surface area (Å²) in [6.07, 6.45) is -5.04. The van der Waals surface area contributed by atoms with Crippen molar-refractivity contribution >= 4 is 11.8 Å². The number of hydrogen-bond donors (Lipinski definition) is 0. The fourth-order valence-corrected chi connectivity index (χ4v) is 1.87. The molecule has 0 aromatic heterocycles. The number of Topliss-reactive ketones (excluding diaryl/α,β-unsaturated/α-hetero) is 1. The predicted octanol–water partition coefficient (Wildman–Crippen LogP) is 3.44. The molecule has 0 N–H and O–H groups in total. The summed E-state index contributed by atoms with van der Waals surface area (Å²) >= 11 is 0. The van der Waals surface area contributed by atoms with Gasteiger partial charge < -0.3 is 9.47 Å². The van der Waals surface area contributed by atoms with Gasteiger partial charge in [0.25, 0.3) is 0 Å². The first-order chi connectivity index (χ1) is 11.3. The van der Waals surface area contributed by atoms with Gasteiger partial charge in [-0.15, -0.1) is 13.2 Å². The molecule has 0 spiro atoms. The Morgan fingerprint density at radius 2 is 1.50 bits per heavy atom. The summed E-state index contributed by atoms with van der Waals surface area (Å²) in [5.41, 5.74) is 1.12. The van der Waals surface area contributed by atoms with Gasteiger partial charge in [0.05, 0.1) is 0 Å². The van der Waals surface area contributed by atoms with E-state index in [1.165, 1.54) is 12.1 Å². The van der Waals surface area contributed by atoms with Crippen LogP contribution in [0.4, 0.5) is 13.2 Å². The summed E-state index contributed by atoms with van der Waals surface area (Å²) in [7, 11) is 0. The molecule has 2 aromatic rings. The molecule has 24 heavy (non-hydrogen) atoms. The number of esters is 1. The van der Waals surface area contributed by atoms with Crippen LogP contribution >= 0.6 is 0 Å². The van der Waals surface area contributed by atoms with Crippen LogP contribution in [0.15, 0.2) is 54.6 Å². The molecule has 2 aromatic carbocycles. The molecular weight excluding hydrogens is 325 g/mol. The lowest BCUT2D eigenvalue weighted by Crippen LogP contribution is -2.19. The van der Waals surface area contributed by atoms with E-state index < -0.39 is 23.9 Å². The summed E-state index contributed by atoms with van der Waals surface area (Å²) in [5, 5.41) is 0. The summed E-state index contributed by atoms with van der Waals surface area (Å²) in [6.45, 7) is -0.0240. The third kappa shape index (κ3) is 5.75. The first-order valence-corrected chi connectivity index (χ1v) is 6.92. The average molecular weight is 338 g/mol. The van der Waals surface area contributed by atoms with Gasteiger partial charge >= 0.3 is 12.3 Å². The lowest BCUT2D eigenvalue weighted by atomic mass is 10.1. The molecule has 0 fully saturated rings. The summed E-state index contributed by atoms with van der Waals surface area (Å²) in [4.78, 5) is 23.4. The molecule has 0 unspecified atom stereocenters. The van der Waals surface area contributed by atoms with Crippen molar-refractivity contribution in [2.45, 2.75) is 19.4 Å². The van der Waals surface area contributed by atoms with Crippen LogP contribution in [-0.2, 0) is 27.4 Å². The van der Waals surface area contributed by atoms with E-state index in [1.807, 2.05) is 6.07 Å². The minimum atomic E-state index is -4.78. The molecule has 0 saturated carbocycles. The van der Waals surface area contributed by atoms with Gasteiger partial charge in [-0.3, -0.25) is 4.79 Å². The molecule has 0 bridgehead atoms. The van der Waals surface area contributed by atoms with E-state index in [4.69, 9.17) is 4.74 Å². The zero-order valence-electron chi connectivity index (χ0n) is 12.4. The first-order valence-electron chi connectivity index (χ1n) is 6.92. The first kappa shape index (κ1) is 17.5. The molecule has 0 heterocycles. The smallest absolute Gasteiger partial charge is 0.455 e. The molecule has 0 radical (unpaired) electrons. The molecule has 0 atom stereocenters. The standard InChI is InChI=1S/C17H13F3O4/c18-17(19,20)24-14-8-6-12(7-9-14)10-15(21)16(22)23-11-13-4-2-1-3-5-13/h1-9H,10-11H2. The van der Waals surface area contributed by atoms with Crippen LogP contribution in [0.2, 0.25) is 0 Å². The second-order valence-electron chi connectivity index (χ2n) is 4.85. The number of ketones is 1. The molecule has 7 heteroatoms.